The molecule has 0 spiro atoms. The Hall–Kier alpha value is -1.84. The van der Waals surface area contributed by atoms with Gasteiger partial charge in [-0.1, -0.05) is 19.2 Å². The van der Waals surface area contributed by atoms with Crippen molar-refractivity contribution in [1.29, 1.82) is 0 Å². The Morgan fingerprint density at radius 1 is 1.00 bits per heavy atom. The van der Waals surface area contributed by atoms with Gasteiger partial charge in [0.2, 0.25) is 0 Å². The molecule has 0 heterocycles. The Bertz CT molecular complexity index is 275. The van der Waals surface area contributed by atoms with Gasteiger partial charge in [-0.15, -0.1) is 6.58 Å². The molecule has 4 nitrogen and oxygen atoms in total. The van der Waals surface area contributed by atoms with Crippen molar-refractivity contribution in [3.05, 3.63) is 37.0 Å². The summed E-state index contributed by atoms with van der Waals surface area (Å²) in [5.74, 6) is -0.979. The van der Waals surface area contributed by atoms with Crippen LogP contribution < -0.4 is 0 Å². The lowest BCUT2D eigenvalue weighted by Crippen LogP contribution is -2.14. The van der Waals surface area contributed by atoms with Gasteiger partial charge in [-0.05, 0) is 20.8 Å². The Morgan fingerprint density at radius 3 is 1.41 bits per heavy atom. The van der Waals surface area contributed by atoms with E-state index < -0.39 is 11.9 Å². The summed E-state index contributed by atoms with van der Waals surface area (Å²) in [6, 6.07) is 0. The summed E-state index contributed by atoms with van der Waals surface area (Å²) in [6.45, 7) is 15.2. The van der Waals surface area contributed by atoms with Crippen molar-refractivity contribution in [2.45, 2.75) is 20.8 Å². The molecule has 0 fully saturated rings. The summed E-state index contributed by atoms with van der Waals surface area (Å²) in [5.41, 5.74) is 0.632. The Kier molecular flexibility index (Phi) is 11.0. The Balaban J connectivity index is 0. The molecule has 0 aliphatic heterocycles. The maximum Gasteiger partial charge on any atom is 0.333 e. The van der Waals surface area contributed by atoms with Crippen LogP contribution in [0.5, 0.6) is 0 Å². The summed E-state index contributed by atoms with van der Waals surface area (Å²) >= 11 is 0. The second kappa shape index (κ2) is 10.7. The predicted octanol–water partition coefficient (Wildman–Crippen LogP) is 2.42. The molecule has 0 aliphatic rings. The van der Waals surface area contributed by atoms with Crippen molar-refractivity contribution in [3.8, 4) is 0 Å². The highest BCUT2D eigenvalue weighted by molar-refractivity contribution is 5.87. The monoisotopic (exact) mass is 240 g/mol. The normalized spacial score (nSPS) is 8.18. The highest BCUT2D eigenvalue weighted by atomic mass is 16.6. The fourth-order valence-corrected chi connectivity index (χ4v) is 0.515. The molecule has 0 atom stereocenters. The Morgan fingerprint density at radius 2 is 1.24 bits per heavy atom. The van der Waals surface area contributed by atoms with Gasteiger partial charge in [-0.3, -0.25) is 0 Å². The smallest absolute Gasteiger partial charge is 0.333 e. The standard InChI is InChI=1S/C10H14O4.C3H6/c1-7(2)9(11)13-5-6-14-10(12)8(3)4;1-3-2/h1,3,5-6H2,2,4H3;3H,1H2,2H3. The highest BCUT2D eigenvalue weighted by Crippen LogP contribution is 1.94. The molecule has 0 aromatic carbocycles. The van der Waals surface area contributed by atoms with Crippen molar-refractivity contribution in [2.75, 3.05) is 13.2 Å². The first-order valence-corrected chi connectivity index (χ1v) is 5.09. The molecule has 4 heteroatoms. The van der Waals surface area contributed by atoms with Gasteiger partial charge in [0.25, 0.3) is 0 Å². The number of rotatable bonds is 5. The van der Waals surface area contributed by atoms with Crippen LogP contribution in [0.1, 0.15) is 20.8 Å². The van der Waals surface area contributed by atoms with E-state index in [-0.39, 0.29) is 13.2 Å². The van der Waals surface area contributed by atoms with E-state index in [0.717, 1.165) is 0 Å². The first-order valence-electron chi connectivity index (χ1n) is 5.09. The van der Waals surface area contributed by atoms with Crippen molar-refractivity contribution in [2.24, 2.45) is 0 Å². The number of hydrogen-bond acceptors (Lipinski definition) is 4. The van der Waals surface area contributed by atoms with Crippen LogP contribution in [0.25, 0.3) is 0 Å². The van der Waals surface area contributed by atoms with E-state index in [9.17, 15) is 9.59 Å². The van der Waals surface area contributed by atoms with Crippen LogP contribution >= 0.6 is 0 Å². The van der Waals surface area contributed by atoms with E-state index in [2.05, 4.69) is 29.2 Å². The maximum atomic E-state index is 10.8. The molecule has 0 N–H and O–H groups in total. The van der Waals surface area contributed by atoms with Crippen molar-refractivity contribution >= 4 is 11.9 Å². The van der Waals surface area contributed by atoms with Gasteiger partial charge >= 0.3 is 11.9 Å². The maximum absolute atomic E-state index is 10.8. The largest absolute Gasteiger partial charge is 0.459 e. The van der Waals surface area contributed by atoms with E-state index in [0.29, 0.717) is 11.1 Å². The van der Waals surface area contributed by atoms with Crippen LogP contribution in [0, 0.1) is 0 Å². The van der Waals surface area contributed by atoms with Crippen LogP contribution in [0.15, 0.2) is 37.0 Å². The average Bonchev–Trinajstić information content (AvgIpc) is 2.24. The van der Waals surface area contributed by atoms with Gasteiger partial charge in [-0.2, -0.15) is 0 Å². The molecule has 0 radical (unpaired) electrons. The SMILES string of the molecule is C=C(C)C(=O)OCCOC(=O)C(=C)C.C=CC. The number of carbonyl (C=O) groups excluding carboxylic acids is 2. The zero-order valence-electron chi connectivity index (χ0n) is 10.7. The predicted molar refractivity (Wildman–Crippen MR) is 67.4 cm³/mol. The summed E-state index contributed by atoms with van der Waals surface area (Å²) in [5, 5.41) is 0. The minimum absolute atomic E-state index is 0.0325. The van der Waals surface area contributed by atoms with Crippen LogP contribution in [-0.2, 0) is 19.1 Å². The molecular weight excluding hydrogens is 220 g/mol. The van der Waals surface area contributed by atoms with Crippen LogP contribution in [-0.4, -0.2) is 25.2 Å². The molecule has 0 bridgehead atoms. The molecule has 0 amide bonds. The second-order valence-electron chi connectivity index (χ2n) is 3.24. The molecule has 0 saturated carbocycles. The second-order valence-corrected chi connectivity index (χ2v) is 3.24. The summed E-state index contributed by atoms with van der Waals surface area (Å²) in [6.07, 6.45) is 1.75. The van der Waals surface area contributed by atoms with Gasteiger partial charge < -0.3 is 9.47 Å². The zero-order valence-corrected chi connectivity index (χ0v) is 10.7. The van der Waals surface area contributed by atoms with E-state index in [4.69, 9.17) is 0 Å². The van der Waals surface area contributed by atoms with Crippen LogP contribution in [0.2, 0.25) is 0 Å². The molecule has 96 valence electrons. The quantitative estimate of drug-likeness (QED) is 0.320. The molecule has 0 unspecified atom stereocenters. The molecular formula is C13H20O4. The van der Waals surface area contributed by atoms with E-state index in [1.165, 1.54) is 0 Å². The van der Waals surface area contributed by atoms with Gasteiger partial charge in [-0.25, -0.2) is 9.59 Å². The van der Waals surface area contributed by atoms with E-state index in [1.54, 1.807) is 19.9 Å². The molecule has 0 aromatic heterocycles. The summed E-state index contributed by atoms with van der Waals surface area (Å²) in [7, 11) is 0. The number of hydrogen-bond donors (Lipinski definition) is 0. The third kappa shape index (κ3) is 12.1. The van der Waals surface area contributed by atoms with Crippen LogP contribution in [0.3, 0.4) is 0 Å². The minimum Gasteiger partial charge on any atom is -0.459 e. The molecule has 17 heavy (non-hydrogen) atoms. The van der Waals surface area contributed by atoms with Gasteiger partial charge in [0, 0.05) is 11.1 Å². The highest BCUT2D eigenvalue weighted by Gasteiger charge is 2.05. The molecule has 0 saturated heterocycles. The topological polar surface area (TPSA) is 52.6 Å². The molecule has 0 rings (SSSR count). The summed E-state index contributed by atoms with van der Waals surface area (Å²) in [4.78, 5) is 21.7. The van der Waals surface area contributed by atoms with Crippen LogP contribution in [0.4, 0.5) is 0 Å². The molecule has 0 aromatic rings. The number of allylic oxidation sites excluding steroid dienone is 1. The zero-order chi connectivity index (χ0) is 13.8. The first-order chi connectivity index (χ1) is 7.86. The van der Waals surface area contributed by atoms with E-state index >= 15 is 0 Å². The first kappa shape index (κ1) is 17.6. The van der Waals surface area contributed by atoms with E-state index in [1.807, 2.05) is 6.92 Å². The van der Waals surface area contributed by atoms with Crippen molar-refractivity contribution < 1.29 is 19.1 Å². The summed E-state index contributed by atoms with van der Waals surface area (Å²) < 4.78 is 9.38. The fraction of sp³-hybridized carbons (Fsp3) is 0.385. The number of esters is 2. The van der Waals surface area contributed by atoms with Gasteiger partial charge in [0.05, 0.1) is 0 Å². The lowest BCUT2D eigenvalue weighted by atomic mass is 10.4. The van der Waals surface area contributed by atoms with Gasteiger partial charge in [0.1, 0.15) is 13.2 Å². The third-order valence-corrected chi connectivity index (χ3v) is 1.25. The number of carbonyl (C=O) groups is 2. The average molecular weight is 240 g/mol. The minimum atomic E-state index is -0.489. The fourth-order valence-electron chi connectivity index (χ4n) is 0.515. The third-order valence-electron chi connectivity index (χ3n) is 1.25. The Labute approximate surface area is 103 Å². The van der Waals surface area contributed by atoms with Gasteiger partial charge in [0.15, 0.2) is 0 Å². The van der Waals surface area contributed by atoms with Crippen molar-refractivity contribution in [1.82, 2.24) is 0 Å². The van der Waals surface area contributed by atoms with Crippen molar-refractivity contribution in [3.63, 3.8) is 0 Å². The number of ether oxygens (including phenoxy) is 2. The lowest BCUT2D eigenvalue weighted by Gasteiger charge is -2.05. The lowest BCUT2D eigenvalue weighted by molar-refractivity contribution is -0.147. The molecule has 0 aliphatic carbocycles.